The first kappa shape index (κ1) is 11.6. The van der Waals surface area contributed by atoms with Crippen molar-refractivity contribution < 1.29 is 0 Å². The van der Waals surface area contributed by atoms with Gasteiger partial charge in [0.15, 0.2) is 0 Å². The van der Waals surface area contributed by atoms with Crippen molar-refractivity contribution in [1.29, 1.82) is 0 Å². The molecule has 0 aliphatic heterocycles. The largest absolute Gasteiger partial charge is 0.313 e. The zero-order valence-corrected chi connectivity index (χ0v) is 10.4. The van der Waals surface area contributed by atoms with E-state index in [1.807, 2.05) is 6.20 Å². The van der Waals surface area contributed by atoms with Gasteiger partial charge in [-0.25, -0.2) is 0 Å². The molecule has 0 aromatic carbocycles. The van der Waals surface area contributed by atoms with Gasteiger partial charge in [0.1, 0.15) is 0 Å². The second-order valence-electron chi connectivity index (χ2n) is 4.66. The van der Waals surface area contributed by atoms with Gasteiger partial charge in [0.25, 0.3) is 0 Å². The Morgan fingerprint density at radius 3 is 3.12 bits per heavy atom. The van der Waals surface area contributed by atoms with Crippen LogP contribution in [0.5, 0.6) is 0 Å². The van der Waals surface area contributed by atoms with Crippen molar-refractivity contribution in [3.63, 3.8) is 0 Å². The normalized spacial score (nSPS) is 20.8. The van der Waals surface area contributed by atoms with Crippen molar-refractivity contribution in [2.75, 3.05) is 6.54 Å². The van der Waals surface area contributed by atoms with E-state index in [0.29, 0.717) is 12.0 Å². The summed E-state index contributed by atoms with van der Waals surface area (Å²) in [7, 11) is 0. The summed E-state index contributed by atoms with van der Waals surface area (Å²) in [4.78, 5) is 4.58. The van der Waals surface area contributed by atoms with Crippen molar-refractivity contribution >= 4 is 0 Å². The lowest BCUT2D eigenvalue weighted by Crippen LogP contribution is -2.34. The van der Waals surface area contributed by atoms with Crippen LogP contribution in [-0.4, -0.2) is 17.6 Å². The molecule has 0 fully saturated rings. The van der Waals surface area contributed by atoms with Gasteiger partial charge >= 0.3 is 0 Å². The molecule has 1 heterocycles. The molecule has 1 aromatic heterocycles. The molecule has 1 N–H and O–H groups in total. The molecule has 2 atom stereocenters. The summed E-state index contributed by atoms with van der Waals surface area (Å²) in [6, 6.07) is 4.90. The second kappa shape index (κ2) is 5.44. The van der Waals surface area contributed by atoms with Gasteiger partial charge < -0.3 is 5.32 Å². The summed E-state index contributed by atoms with van der Waals surface area (Å²) in [6.45, 7) is 5.62. The van der Waals surface area contributed by atoms with Gasteiger partial charge in [0.2, 0.25) is 0 Å². The smallest absolute Gasteiger partial charge is 0.0482 e. The first-order valence-corrected chi connectivity index (χ1v) is 6.54. The van der Waals surface area contributed by atoms with Gasteiger partial charge in [-0.3, -0.25) is 4.98 Å². The van der Waals surface area contributed by atoms with Crippen LogP contribution in [0.25, 0.3) is 0 Å². The number of aryl methyl sites for hydroxylation is 1. The van der Waals surface area contributed by atoms with Crippen molar-refractivity contribution in [2.24, 2.45) is 0 Å². The lowest BCUT2D eigenvalue weighted by atomic mass is 9.94. The van der Waals surface area contributed by atoms with Gasteiger partial charge in [-0.15, -0.1) is 0 Å². The number of hydrogen-bond donors (Lipinski definition) is 1. The Balaban J connectivity index is 2.10. The maximum absolute atomic E-state index is 4.58. The first-order chi connectivity index (χ1) is 7.86. The Morgan fingerprint density at radius 1 is 1.50 bits per heavy atom. The molecule has 2 rings (SSSR count). The minimum atomic E-state index is 0.607. The molecule has 0 bridgehead atoms. The molecule has 88 valence electrons. The molecule has 0 radical (unpaired) electrons. The van der Waals surface area contributed by atoms with Crippen LogP contribution in [0.2, 0.25) is 0 Å². The zero-order chi connectivity index (χ0) is 11.4. The van der Waals surface area contributed by atoms with Crippen LogP contribution in [0.15, 0.2) is 18.3 Å². The molecule has 0 spiro atoms. The Labute approximate surface area is 98.5 Å². The van der Waals surface area contributed by atoms with Crippen LogP contribution in [0.3, 0.4) is 0 Å². The second-order valence-corrected chi connectivity index (χ2v) is 4.66. The summed E-state index contributed by atoms with van der Waals surface area (Å²) in [5, 5.41) is 3.66. The summed E-state index contributed by atoms with van der Waals surface area (Å²) in [5.41, 5.74) is 2.81. The minimum Gasteiger partial charge on any atom is -0.313 e. The van der Waals surface area contributed by atoms with Crippen LogP contribution >= 0.6 is 0 Å². The van der Waals surface area contributed by atoms with Crippen molar-refractivity contribution in [3.05, 3.63) is 29.6 Å². The Hall–Kier alpha value is -0.890. The van der Waals surface area contributed by atoms with E-state index < -0.39 is 0 Å². The standard InChI is InChI=1S/C14H22N2/c1-3-9-15-13(4-2)12-8-7-11-6-5-10-16-14(11)12/h5-6,10,12-13,15H,3-4,7-9H2,1-2H3. The summed E-state index contributed by atoms with van der Waals surface area (Å²) in [6.07, 6.45) is 6.81. The summed E-state index contributed by atoms with van der Waals surface area (Å²) < 4.78 is 0. The lowest BCUT2D eigenvalue weighted by molar-refractivity contribution is 0.413. The highest BCUT2D eigenvalue weighted by Gasteiger charge is 2.29. The van der Waals surface area contributed by atoms with E-state index in [9.17, 15) is 0 Å². The molecule has 0 saturated heterocycles. The van der Waals surface area contributed by atoms with Crippen molar-refractivity contribution in [2.45, 2.75) is 51.5 Å². The third kappa shape index (κ3) is 2.27. The van der Waals surface area contributed by atoms with Crippen LogP contribution in [0, 0.1) is 0 Å². The van der Waals surface area contributed by atoms with Gasteiger partial charge in [0, 0.05) is 23.9 Å². The van der Waals surface area contributed by atoms with Crippen LogP contribution in [0.4, 0.5) is 0 Å². The SMILES string of the molecule is CCCNC(CC)C1CCc2cccnc21. The van der Waals surface area contributed by atoms with Crippen LogP contribution < -0.4 is 5.32 Å². The zero-order valence-electron chi connectivity index (χ0n) is 10.4. The van der Waals surface area contributed by atoms with Crippen molar-refractivity contribution in [1.82, 2.24) is 10.3 Å². The highest BCUT2D eigenvalue weighted by Crippen LogP contribution is 2.34. The van der Waals surface area contributed by atoms with E-state index in [0.717, 1.165) is 6.54 Å². The molecule has 16 heavy (non-hydrogen) atoms. The van der Waals surface area contributed by atoms with Crippen LogP contribution in [-0.2, 0) is 6.42 Å². The molecule has 2 nitrogen and oxygen atoms in total. The maximum Gasteiger partial charge on any atom is 0.0482 e. The van der Waals surface area contributed by atoms with E-state index in [-0.39, 0.29) is 0 Å². The topological polar surface area (TPSA) is 24.9 Å². The minimum absolute atomic E-state index is 0.607. The maximum atomic E-state index is 4.58. The number of aromatic nitrogens is 1. The lowest BCUT2D eigenvalue weighted by Gasteiger charge is -2.23. The Kier molecular flexibility index (Phi) is 3.94. The molecular weight excluding hydrogens is 196 g/mol. The van der Waals surface area contributed by atoms with Gasteiger partial charge in [-0.2, -0.15) is 0 Å². The first-order valence-electron chi connectivity index (χ1n) is 6.54. The molecule has 0 saturated carbocycles. The van der Waals surface area contributed by atoms with Crippen LogP contribution in [0.1, 0.15) is 50.3 Å². The number of pyridine rings is 1. The fourth-order valence-corrected chi connectivity index (χ4v) is 2.74. The molecule has 1 aliphatic rings. The third-order valence-electron chi connectivity index (χ3n) is 3.58. The predicted molar refractivity (Wildman–Crippen MR) is 67.7 cm³/mol. The van der Waals surface area contributed by atoms with Gasteiger partial charge in [0.05, 0.1) is 0 Å². The molecule has 0 amide bonds. The van der Waals surface area contributed by atoms with E-state index in [2.05, 4.69) is 36.3 Å². The van der Waals surface area contributed by atoms with Gasteiger partial charge in [-0.1, -0.05) is 19.9 Å². The summed E-state index contributed by atoms with van der Waals surface area (Å²) in [5.74, 6) is 0.632. The van der Waals surface area contributed by atoms with E-state index in [4.69, 9.17) is 0 Å². The molecule has 2 heteroatoms. The van der Waals surface area contributed by atoms with Crippen molar-refractivity contribution in [3.8, 4) is 0 Å². The number of hydrogen-bond acceptors (Lipinski definition) is 2. The Morgan fingerprint density at radius 2 is 2.38 bits per heavy atom. The quantitative estimate of drug-likeness (QED) is 0.822. The average molecular weight is 218 g/mol. The number of nitrogens with zero attached hydrogens (tertiary/aromatic N) is 1. The van der Waals surface area contributed by atoms with E-state index in [1.54, 1.807) is 0 Å². The fraction of sp³-hybridized carbons (Fsp3) is 0.643. The molecule has 2 unspecified atom stereocenters. The average Bonchev–Trinajstić information content (AvgIpc) is 2.75. The molecule has 1 aliphatic carbocycles. The molecular formula is C14H22N2. The third-order valence-corrected chi connectivity index (χ3v) is 3.58. The number of rotatable bonds is 5. The Bertz CT molecular complexity index is 335. The number of fused-ring (bicyclic) bond motifs is 1. The van der Waals surface area contributed by atoms with E-state index >= 15 is 0 Å². The van der Waals surface area contributed by atoms with Gasteiger partial charge in [-0.05, 0) is 43.9 Å². The fourth-order valence-electron chi connectivity index (χ4n) is 2.74. The number of nitrogens with one attached hydrogen (secondary N) is 1. The highest BCUT2D eigenvalue weighted by molar-refractivity contribution is 5.29. The highest BCUT2D eigenvalue weighted by atomic mass is 14.9. The summed E-state index contributed by atoms with van der Waals surface area (Å²) >= 11 is 0. The predicted octanol–water partition coefficient (Wildman–Crippen LogP) is 2.89. The monoisotopic (exact) mass is 218 g/mol. The molecule has 1 aromatic rings. The van der Waals surface area contributed by atoms with E-state index in [1.165, 1.54) is 36.9 Å².